The molecule has 0 amide bonds. The molecule has 3 heteroatoms. The van der Waals surface area contributed by atoms with E-state index < -0.39 is 0 Å². The molecule has 0 atom stereocenters. The van der Waals surface area contributed by atoms with Crippen molar-refractivity contribution in [2.45, 2.75) is 27.2 Å². The van der Waals surface area contributed by atoms with Gasteiger partial charge in [-0.3, -0.25) is 4.99 Å². The van der Waals surface area contributed by atoms with E-state index in [0.717, 1.165) is 32.0 Å². The highest BCUT2D eigenvalue weighted by atomic mass is 15.2. The molecule has 0 fully saturated rings. The number of hydrogen-bond acceptors (Lipinski definition) is 1. The van der Waals surface area contributed by atoms with Gasteiger partial charge in [-0.1, -0.05) is 44.2 Å². The monoisotopic (exact) mass is 247 g/mol. The third-order valence-corrected chi connectivity index (χ3v) is 2.51. The lowest BCUT2D eigenvalue weighted by molar-refractivity contribution is 0.656. The van der Waals surface area contributed by atoms with Crippen LogP contribution in [0.5, 0.6) is 0 Å². The predicted octanol–water partition coefficient (Wildman–Crippen LogP) is 2.44. The topological polar surface area (TPSA) is 36.4 Å². The second-order valence-corrected chi connectivity index (χ2v) is 4.78. The maximum atomic E-state index is 4.54. The largest absolute Gasteiger partial charge is 0.357 e. The summed E-state index contributed by atoms with van der Waals surface area (Å²) in [5, 5.41) is 6.63. The molecule has 0 aliphatic heterocycles. The van der Waals surface area contributed by atoms with Crippen molar-refractivity contribution in [3.8, 4) is 0 Å². The highest BCUT2D eigenvalue weighted by Gasteiger charge is 1.98. The summed E-state index contributed by atoms with van der Waals surface area (Å²) in [6.07, 6.45) is 1.02. The fourth-order valence-corrected chi connectivity index (χ4v) is 1.59. The molecule has 0 heterocycles. The highest BCUT2D eigenvalue weighted by Crippen LogP contribution is 1.98. The minimum atomic E-state index is 0.592. The van der Waals surface area contributed by atoms with Crippen molar-refractivity contribution < 1.29 is 0 Å². The van der Waals surface area contributed by atoms with E-state index in [2.05, 4.69) is 60.7 Å². The van der Waals surface area contributed by atoms with Crippen LogP contribution in [0.3, 0.4) is 0 Å². The molecule has 0 radical (unpaired) electrons. The van der Waals surface area contributed by atoms with Crippen LogP contribution in [0.2, 0.25) is 0 Å². The Morgan fingerprint density at radius 2 is 1.89 bits per heavy atom. The molecule has 100 valence electrons. The first kappa shape index (κ1) is 14.6. The Bertz CT molecular complexity index is 344. The lowest BCUT2D eigenvalue weighted by Crippen LogP contribution is -2.38. The molecule has 0 aliphatic carbocycles. The van der Waals surface area contributed by atoms with E-state index in [1.54, 1.807) is 0 Å². The number of aliphatic imine (C=N–C) groups is 1. The first-order valence-corrected chi connectivity index (χ1v) is 6.78. The molecule has 3 nitrogen and oxygen atoms in total. The Kier molecular flexibility index (Phi) is 6.92. The van der Waals surface area contributed by atoms with Gasteiger partial charge in [-0.2, -0.15) is 0 Å². The van der Waals surface area contributed by atoms with E-state index >= 15 is 0 Å². The van der Waals surface area contributed by atoms with Crippen LogP contribution in [-0.4, -0.2) is 25.6 Å². The van der Waals surface area contributed by atoms with Gasteiger partial charge in [0.05, 0.1) is 0 Å². The molecule has 0 saturated carbocycles. The van der Waals surface area contributed by atoms with Gasteiger partial charge in [0.25, 0.3) is 0 Å². The summed E-state index contributed by atoms with van der Waals surface area (Å²) >= 11 is 0. The Balaban J connectivity index is 2.35. The number of nitrogens with zero attached hydrogens (tertiary/aromatic N) is 1. The van der Waals surface area contributed by atoms with Crippen LogP contribution in [0.25, 0.3) is 0 Å². The molecular weight excluding hydrogens is 222 g/mol. The molecule has 0 bridgehead atoms. The summed E-state index contributed by atoms with van der Waals surface area (Å²) in [6.45, 7) is 9.11. The van der Waals surface area contributed by atoms with Crippen molar-refractivity contribution in [1.82, 2.24) is 10.6 Å². The van der Waals surface area contributed by atoms with E-state index in [4.69, 9.17) is 0 Å². The van der Waals surface area contributed by atoms with Gasteiger partial charge in [0, 0.05) is 19.6 Å². The zero-order valence-electron chi connectivity index (χ0n) is 11.7. The number of guanidine groups is 1. The van der Waals surface area contributed by atoms with Gasteiger partial charge in [-0.05, 0) is 24.8 Å². The van der Waals surface area contributed by atoms with Crippen molar-refractivity contribution in [2.24, 2.45) is 10.9 Å². The normalized spacial score (nSPS) is 11.7. The minimum Gasteiger partial charge on any atom is -0.357 e. The maximum absolute atomic E-state index is 4.54. The third-order valence-electron chi connectivity index (χ3n) is 2.51. The highest BCUT2D eigenvalue weighted by molar-refractivity contribution is 5.79. The van der Waals surface area contributed by atoms with Crippen molar-refractivity contribution in [3.05, 3.63) is 35.9 Å². The Morgan fingerprint density at radius 1 is 1.17 bits per heavy atom. The van der Waals surface area contributed by atoms with E-state index in [9.17, 15) is 0 Å². The molecule has 2 N–H and O–H groups in total. The number of hydrogen-bond donors (Lipinski definition) is 2. The van der Waals surface area contributed by atoms with E-state index in [1.807, 2.05) is 6.07 Å². The third kappa shape index (κ3) is 6.28. The van der Waals surface area contributed by atoms with Gasteiger partial charge < -0.3 is 10.6 Å². The molecular formula is C15H25N3. The summed E-state index contributed by atoms with van der Waals surface area (Å²) in [4.78, 5) is 4.54. The van der Waals surface area contributed by atoms with Gasteiger partial charge in [-0.15, -0.1) is 0 Å². The number of nitrogens with one attached hydrogen (secondary N) is 2. The number of rotatable bonds is 6. The molecule has 0 unspecified atom stereocenters. The Hall–Kier alpha value is -1.51. The van der Waals surface area contributed by atoms with Crippen LogP contribution in [0.15, 0.2) is 35.3 Å². The van der Waals surface area contributed by atoms with Gasteiger partial charge >= 0.3 is 0 Å². The smallest absolute Gasteiger partial charge is 0.191 e. The SMILES string of the molecule is CCNC(=NCC(C)C)NCCc1ccccc1. The maximum Gasteiger partial charge on any atom is 0.191 e. The van der Waals surface area contributed by atoms with Crippen LogP contribution < -0.4 is 10.6 Å². The van der Waals surface area contributed by atoms with Crippen LogP contribution in [0.4, 0.5) is 0 Å². The Morgan fingerprint density at radius 3 is 2.50 bits per heavy atom. The van der Waals surface area contributed by atoms with Crippen LogP contribution in [0.1, 0.15) is 26.3 Å². The molecule has 0 aliphatic rings. The van der Waals surface area contributed by atoms with Crippen molar-refractivity contribution in [3.63, 3.8) is 0 Å². The van der Waals surface area contributed by atoms with Crippen molar-refractivity contribution in [1.29, 1.82) is 0 Å². The molecule has 1 aromatic carbocycles. The van der Waals surface area contributed by atoms with Gasteiger partial charge in [0.15, 0.2) is 5.96 Å². The molecule has 1 aromatic rings. The summed E-state index contributed by atoms with van der Waals surface area (Å²) in [5.41, 5.74) is 1.35. The standard InChI is InChI=1S/C15H25N3/c1-4-16-15(18-12-13(2)3)17-11-10-14-8-6-5-7-9-14/h5-9,13H,4,10-12H2,1-3H3,(H2,16,17,18). The molecule has 1 rings (SSSR count). The van der Waals surface area contributed by atoms with E-state index in [1.165, 1.54) is 5.56 Å². The summed E-state index contributed by atoms with van der Waals surface area (Å²) < 4.78 is 0. The average Bonchev–Trinajstić information content (AvgIpc) is 2.37. The van der Waals surface area contributed by atoms with E-state index in [0.29, 0.717) is 5.92 Å². The molecule has 0 spiro atoms. The zero-order valence-corrected chi connectivity index (χ0v) is 11.7. The minimum absolute atomic E-state index is 0.592. The van der Waals surface area contributed by atoms with Gasteiger partial charge in [0.2, 0.25) is 0 Å². The second kappa shape index (κ2) is 8.56. The summed E-state index contributed by atoms with van der Waals surface area (Å²) in [5.74, 6) is 1.51. The first-order valence-electron chi connectivity index (χ1n) is 6.78. The van der Waals surface area contributed by atoms with Crippen molar-refractivity contribution >= 4 is 5.96 Å². The summed E-state index contributed by atoms with van der Waals surface area (Å²) in [7, 11) is 0. The lowest BCUT2D eigenvalue weighted by Gasteiger charge is -2.12. The molecule has 0 saturated heterocycles. The van der Waals surface area contributed by atoms with Crippen LogP contribution in [-0.2, 0) is 6.42 Å². The fourth-order valence-electron chi connectivity index (χ4n) is 1.59. The quantitative estimate of drug-likeness (QED) is 0.598. The predicted molar refractivity (Wildman–Crippen MR) is 79.0 cm³/mol. The van der Waals surface area contributed by atoms with Crippen molar-refractivity contribution in [2.75, 3.05) is 19.6 Å². The summed E-state index contributed by atoms with van der Waals surface area (Å²) in [6, 6.07) is 10.5. The van der Waals surface area contributed by atoms with Gasteiger partial charge in [0.1, 0.15) is 0 Å². The second-order valence-electron chi connectivity index (χ2n) is 4.78. The van der Waals surface area contributed by atoms with Gasteiger partial charge in [-0.25, -0.2) is 0 Å². The Labute approximate surface area is 111 Å². The van der Waals surface area contributed by atoms with E-state index in [-0.39, 0.29) is 0 Å². The zero-order chi connectivity index (χ0) is 13.2. The first-order chi connectivity index (χ1) is 8.72. The molecule has 0 aromatic heterocycles. The lowest BCUT2D eigenvalue weighted by atomic mass is 10.1. The molecule has 18 heavy (non-hydrogen) atoms. The fraction of sp³-hybridized carbons (Fsp3) is 0.533. The van der Waals surface area contributed by atoms with Crippen LogP contribution >= 0.6 is 0 Å². The van der Waals surface area contributed by atoms with Crippen LogP contribution in [0, 0.1) is 5.92 Å². The average molecular weight is 247 g/mol. The number of benzene rings is 1.